The molecule has 2 aromatic rings. The van der Waals surface area contributed by atoms with Gasteiger partial charge >= 0.3 is 0 Å². The van der Waals surface area contributed by atoms with Gasteiger partial charge in [0.15, 0.2) is 6.61 Å². The molecule has 0 aliphatic carbocycles. The summed E-state index contributed by atoms with van der Waals surface area (Å²) in [7, 11) is 1.74. The van der Waals surface area contributed by atoms with Crippen LogP contribution in [0.1, 0.15) is 4.88 Å². The number of amides is 1. The molecule has 3 nitrogen and oxygen atoms in total. The molecule has 0 unspecified atom stereocenters. The maximum Gasteiger partial charge on any atom is 0.260 e. The summed E-state index contributed by atoms with van der Waals surface area (Å²) in [6.07, 6.45) is 0. The van der Waals surface area contributed by atoms with Crippen LogP contribution in [0.15, 0.2) is 35.7 Å². The van der Waals surface area contributed by atoms with E-state index >= 15 is 0 Å². The van der Waals surface area contributed by atoms with Crippen molar-refractivity contribution in [3.05, 3.63) is 50.6 Å². The molecule has 1 heterocycles. The zero-order chi connectivity index (χ0) is 14.5. The second-order valence-corrected chi connectivity index (χ2v) is 6.07. The minimum absolute atomic E-state index is 0.0675. The van der Waals surface area contributed by atoms with E-state index in [0.717, 1.165) is 4.88 Å². The minimum Gasteiger partial charge on any atom is -0.482 e. The van der Waals surface area contributed by atoms with E-state index in [1.807, 2.05) is 17.5 Å². The molecular formula is C14H13Cl2NO2S. The standard InChI is InChI=1S/C14H13Cl2NO2S/c1-17(8-11-3-2-6-20-11)14(18)9-19-13-7-10(15)4-5-12(13)16/h2-7H,8-9H2,1H3. The van der Waals surface area contributed by atoms with Crippen molar-refractivity contribution >= 4 is 40.4 Å². The van der Waals surface area contributed by atoms with Gasteiger partial charge in [0.1, 0.15) is 5.75 Å². The van der Waals surface area contributed by atoms with Gasteiger partial charge in [0.25, 0.3) is 5.91 Å². The van der Waals surface area contributed by atoms with Gasteiger partial charge in [0, 0.05) is 23.0 Å². The number of halogens is 2. The first-order chi connectivity index (χ1) is 9.56. The molecule has 0 bridgehead atoms. The first-order valence-electron chi connectivity index (χ1n) is 5.90. The predicted molar refractivity (Wildman–Crippen MR) is 82.8 cm³/mol. The van der Waals surface area contributed by atoms with Gasteiger partial charge in [-0.3, -0.25) is 4.79 Å². The number of thiophene rings is 1. The molecule has 106 valence electrons. The zero-order valence-electron chi connectivity index (χ0n) is 10.8. The Labute approximate surface area is 131 Å². The highest BCUT2D eigenvalue weighted by atomic mass is 35.5. The van der Waals surface area contributed by atoms with E-state index in [1.54, 1.807) is 41.5 Å². The number of hydrogen-bond acceptors (Lipinski definition) is 3. The molecule has 0 spiro atoms. The largest absolute Gasteiger partial charge is 0.482 e. The van der Waals surface area contributed by atoms with E-state index < -0.39 is 0 Å². The molecule has 0 atom stereocenters. The lowest BCUT2D eigenvalue weighted by Crippen LogP contribution is -2.30. The number of nitrogens with zero attached hydrogens (tertiary/aromatic N) is 1. The Bertz CT molecular complexity index is 587. The summed E-state index contributed by atoms with van der Waals surface area (Å²) >= 11 is 13.4. The highest BCUT2D eigenvalue weighted by Crippen LogP contribution is 2.27. The van der Waals surface area contributed by atoms with E-state index in [-0.39, 0.29) is 12.5 Å². The Morgan fingerprint density at radius 2 is 2.15 bits per heavy atom. The van der Waals surface area contributed by atoms with Gasteiger partial charge in [0.2, 0.25) is 0 Å². The van der Waals surface area contributed by atoms with Gasteiger partial charge in [-0.1, -0.05) is 29.3 Å². The summed E-state index contributed by atoms with van der Waals surface area (Å²) in [6.45, 7) is 0.505. The van der Waals surface area contributed by atoms with Crippen molar-refractivity contribution in [3.63, 3.8) is 0 Å². The Morgan fingerprint density at radius 3 is 2.85 bits per heavy atom. The predicted octanol–water partition coefficient (Wildman–Crippen LogP) is 4.09. The molecule has 20 heavy (non-hydrogen) atoms. The molecule has 0 saturated carbocycles. The van der Waals surface area contributed by atoms with Crippen LogP contribution in [0.5, 0.6) is 5.75 Å². The fourth-order valence-corrected chi connectivity index (χ4v) is 2.65. The first kappa shape index (κ1) is 15.2. The molecule has 0 N–H and O–H groups in total. The lowest BCUT2D eigenvalue weighted by Gasteiger charge is -2.17. The maximum absolute atomic E-state index is 12.0. The van der Waals surface area contributed by atoms with Crippen molar-refractivity contribution in [3.8, 4) is 5.75 Å². The average molecular weight is 330 g/mol. The smallest absolute Gasteiger partial charge is 0.260 e. The number of carbonyl (C=O) groups is 1. The highest BCUT2D eigenvalue weighted by Gasteiger charge is 2.12. The molecule has 2 rings (SSSR count). The van der Waals surface area contributed by atoms with Crippen molar-refractivity contribution in [1.29, 1.82) is 0 Å². The summed E-state index contributed by atoms with van der Waals surface area (Å²) in [5.74, 6) is 0.298. The van der Waals surface area contributed by atoms with Crippen molar-refractivity contribution in [2.75, 3.05) is 13.7 Å². The number of hydrogen-bond donors (Lipinski definition) is 0. The first-order valence-corrected chi connectivity index (χ1v) is 7.54. The summed E-state index contributed by atoms with van der Waals surface area (Å²) in [5.41, 5.74) is 0. The number of ether oxygens (including phenoxy) is 1. The van der Waals surface area contributed by atoms with Gasteiger partial charge in [-0.15, -0.1) is 11.3 Å². The van der Waals surface area contributed by atoms with Gasteiger partial charge in [-0.25, -0.2) is 0 Å². The zero-order valence-corrected chi connectivity index (χ0v) is 13.1. The summed E-state index contributed by atoms with van der Waals surface area (Å²) < 4.78 is 5.42. The monoisotopic (exact) mass is 329 g/mol. The minimum atomic E-state index is -0.116. The molecule has 0 saturated heterocycles. The molecule has 1 aromatic carbocycles. The summed E-state index contributed by atoms with van der Waals surface area (Å²) in [5, 5.41) is 2.93. The molecule has 0 aliphatic rings. The maximum atomic E-state index is 12.0. The van der Waals surface area contributed by atoms with Crippen LogP contribution < -0.4 is 4.74 Å². The van der Waals surface area contributed by atoms with E-state index in [1.165, 1.54) is 0 Å². The molecular weight excluding hydrogens is 317 g/mol. The van der Waals surface area contributed by atoms with Crippen LogP contribution in [0, 0.1) is 0 Å². The number of likely N-dealkylation sites (N-methyl/N-ethyl adjacent to an activating group) is 1. The topological polar surface area (TPSA) is 29.5 Å². The van der Waals surface area contributed by atoms with Crippen molar-refractivity contribution < 1.29 is 9.53 Å². The molecule has 1 amide bonds. The lowest BCUT2D eigenvalue weighted by molar-refractivity contribution is -0.132. The fraction of sp³-hybridized carbons (Fsp3) is 0.214. The van der Waals surface area contributed by atoms with Crippen LogP contribution in [0.2, 0.25) is 10.0 Å². The van der Waals surface area contributed by atoms with Gasteiger partial charge < -0.3 is 9.64 Å². The highest BCUT2D eigenvalue weighted by molar-refractivity contribution is 7.09. The van der Waals surface area contributed by atoms with Crippen LogP contribution in [-0.4, -0.2) is 24.5 Å². The van der Waals surface area contributed by atoms with Crippen LogP contribution in [-0.2, 0) is 11.3 Å². The summed E-state index contributed by atoms with van der Waals surface area (Å²) in [6, 6.07) is 8.85. The lowest BCUT2D eigenvalue weighted by atomic mass is 10.3. The van der Waals surface area contributed by atoms with Crippen LogP contribution in [0.3, 0.4) is 0 Å². The Balaban J connectivity index is 1.89. The van der Waals surface area contributed by atoms with Crippen LogP contribution in [0.4, 0.5) is 0 Å². The molecule has 0 fully saturated rings. The second-order valence-electron chi connectivity index (χ2n) is 4.19. The quantitative estimate of drug-likeness (QED) is 0.826. The average Bonchev–Trinajstić information content (AvgIpc) is 2.92. The van der Waals surface area contributed by atoms with E-state index in [0.29, 0.717) is 22.3 Å². The Morgan fingerprint density at radius 1 is 1.35 bits per heavy atom. The molecule has 0 aliphatic heterocycles. The third-order valence-corrected chi connectivity index (χ3v) is 4.05. The normalized spacial score (nSPS) is 10.3. The Kier molecular flexibility index (Phi) is 5.29. The van der Waals surface area contributed by atoms with Crippen molar-refractivity contribution in [1.82, 2.24) is 4.90 Å². The van der Waals surface area contributed by atoms with Crippen molar-refractivity contribution in [2.45, 2.75) is 6.54 Å². The van der Waals surface area contributed by atoms with Gasteiger partial charge in [-0.2, -0.15) is 0 Å². The number of rotatable bonds is 5. The molecule has 6 heteroatoms. The van der Waals surface area contributed by atoms with Crippen LogP contribution in [0.25, 0.3) is 0 Å². The van der Waals surface area contributed by atoms with E-state index in [4.69, 9.17) is 27.9 Å². The van der Waals surface area contributed by atoms with Crippen molar-refractivity contribution in [2.24, 2.45) is 0 Å². The third-order valence-electron chi connectivity index (χ3n) is 2.64. The van der Waals surface area contributed by atoms with E-state index in [2.05, 4.69) is 0 Å². The second kappa shape index (κ2) is 6.97. The van der Waals surface area contributed by atoms with E-state index in [9.17, 15) is 4.79 Å². The number of benzene rings is 1. The SMILES string of the molecule is CN(Cc1cccs1)C(=O)COc1cc(Cl)ccc1Cl. The molecule has 0 radical (unpaired) electrons. The fourth-order valence-electron chi connectivity index (χ4n) is 1.56. The number of carbonyl (C=O) groups excluding carboxylic acids is 1. The van der Waals surface area contributed by atoms with Crippen LogP contribution >= 0.6 is 34.5 Å². The van der Waals surface area contributed by atoms with Gasteiger partial charge in [0.05, 0.1) is 11.6 Å². The summed E-state index contributed by atoms with van der Waals surface area (Å²) in [4.78, 5) is 14.7. The Hall–Kier alpha value is -1.23. The third kappa shape index (κ3) is 4.13. The molecule has 1 aromatic heterocycles. The van der Waals surface area contributed by atoms with Gasteiger partial charge in [-0.05, 0) is 23.6 Å².